The number of benzene rings is 2. The van der Waals surface area contributed by atoms with E-state index in [1.807, 2.05) is 31.2 Å². The van der Waals surface area contributed by atoms with Crippen LogP contribution in [0.4, 0.5) is 4.39 Å². The number of likely N-dealkylation sites (tertiary alicyclic amines) is 1. The number of rotatable bonds is 5. The van der Waals surface area contributed by atoms with Crippen molar-refractivity contribution in [3.63, 3.8) is 0 Å². The lowest BCUT2D eigenvalue weighted by Gasteiger charge is -2.44. The molecule has 1 amide bonds. The van der Waals surface area contributed by atoms with Gasteiger partial charge in [0.1, 0.15) is 5.82 Å². The van der Waals surface area contributed by atoms with Crippen molar-refractivity contribution in [1.29, 1.82) is 0 Å². The smallest absolute Gasteiger partial charge is 0.223 e. The summed E-state index contributed by atoms with van der Waals surface area (Å²) in [5.74, 6) is -0.495. The molecule has 2 aromatic carbocycles. The molecule has 1 atom stereocenters. The lowest BCUT2D eigenvalue weighted by atomic mass is 9.64. The van der Waals surface area contributed by atoms with Crippen LogP contribution in [0, 0.1) is 11.7 Å². The molecule has 1 saturated heterocycles. The molecule has 0 spiro atoms. The Bertz CT molecular complexity index is 830. The predicted octanol–water partition coefficient (Wildman–Crippen LogP) is 5.27. The molecule has 1 fully saturated rings. The first-order chi connectivity index (χ1) is 13.3. The molecule has 1 unspecified atom stereocenters. The van der Waals surface area contributed by atoms with Crippen LogP contribution >= 0.6 is 31.9 Å². The molecule has 0 aromatic heterocycles. The van der Waals surface area contributed by atoms with Crippen molar-refractivity contribution in [3.05, 3.63) is 68.4 Å². The average Bonchev–Trinajstić information content (AvgIpc) is 2.65. The number of amides is 1. The predicted molar refractivity (Wildman–Crippen MR) is 118 cm³/mol. The number of carbonyl (C=O) groups excluding carboxylic acids is 1. The third-order valence-corrected chi connectivity index (χ3v) is 6.81. The molecule has 3 nitrogen and oxygen atoms in total. The molecule has 0 radical (unpaired) electrons. The Morgan fingerprint density at radius 2 is 1.82 bits per heavy atom. The van der Waals surface area contributed by atoms with E-state index in [2.05, 4.69) is 49.1 Å². The van der Waals surface area contributed by atoms with E-state index >= 15 is 0 Å². The quantitative estimate of drug-likeness (QED) is 0.593. The van der Waals surface area contributed by atoms with Crippen LogP contribution in [0.1, 0.15) is 30.9 Å². The monoisotopic (exact) mass is 510 g/mol. The van der Waals surface area contributed by atoms with Gasteiger partial charge in [-0.05, 0) is 74.4 Å². The van der Waals surface area contributed by atoms with Crippen LogP contribution in [-0.2, 0) is 16.8 Å². The number of hydrogen-bond donors (Lipinski definition) is 1. The van der Waals surface area contributed by atoms with Crippen molar-refractivity contribution in [3.8, 4) is 0 Å². The Morgan fingerprint density at radius 1 is 1.18 bits per heavy atom. The Hall–Kier alpha value is -1.24. The van der Waals surface area contributed by atoms with Crippen LogP contribution in [0.2, 0.25) is 0 Å². The summed E-state index contributed by atoms with van der Waals surface area (Å²) in [5, 5.41) is 3.08. The molecule has 1 aliphatic heterocycles. The van der Waals surface area contributed by atoms with Crippen molar-refractivity contribution < 1.29 is 9.18 Å². The van der Waals surface area contributed by atoms with Gasteiger partial charge < -0.3 is 10.2 Å². The van der Waals surface area contributed by atoms with E-state index in [0.29, 0.717) is 6.54 Å². The lowest BCUT2D eigenvalue weighted by molar-refractivity contribution is -0.127. The number of hydrogen-bond acceptors (Lipinski definition) is 2. The summed E-state index contributed by atoms with van der Waals surface area (Å²) >= 11 is 6.96. The van der Waals surface area contributed by atoms with Gasteiger partial charge >= 0.3 is 0 Å². The van der Waals surface area contributed by atoms with E-state index in [-0.39, 0.29) is 23.1 Å². The molecule has 6 heteroatoms. The molecule has 2 aromatic rings. The number of nitrogens with zero attached hydrogens (tertiary/aromatic N) is 1. The number of carbonyl (C=O) groups is 1. The minimum absolute atomic E-state index is 0.00455. The molecule has 28 heavy (non-hydrogen) atoms. The first kappa shape index (κ1) is 21.5. The van der Waals surface area contributed by atoms with Crippen LogP contribution < -0.4 is 5.32 Å². The highest BCUT2D eigenvalue weighted by molar-refractivity contribution is 9.11. The summed E-state index contributed by atoms with van der Waals surface area (Å²) in [6, 6.07) is 12.7. The molecule has 150 valence electrons. The minimum atomic E-state index is -0.351. The summed E-state index contributed by atoms with van der Waals surface area (Å²) in [4.78, 5) is 15.4. The zero-order valence-corrected chi connectivity index (χ0v) is 19.3. The second-order valence-corrected chi connectivity index (χ2v) is 9.52. The van der Waals surface area contributed by atoms with Gasteiger partial charge in [0.05, 0.1) is 0 Å². The van der Waals surface area contributed by atoms with Gasteiger partial charge in [-0.2, -0.15) is 0 Å². The average molecular weight is 512 g/mol. The Morgan fingerprint density at radius 3 is 2.43 bits per heavy atom. The molecule has 0 aliphatic carbocycles. The SMILES string of the molecule is CC(C(=O)NCc1cc(Br)cc(Br)c1)C1(c2cccc(F)c2)CCN(C)CC1. The van der Waals surface area contributed by atoms with E-state index in [9.17, 15) is 9.18 Å². The fourth-order valence-electron chi connectivity index (χ4n) is 4.09. The summed E-state index contributed by atoms with van der Waals surface area (Å²) in [5.41, 5.74) is 1.59. The maximum Gasteiger partial charge on any atom is 0.223 e. The fourth-order valence-corrected chi connectivity index (χ4v) is 5.48. The molecule has 3 rings (SSSR count). The topological polar surface area (TPSA) is 32.3 Å². The van der Waals surface area contributed by atoms with Crippen molar-refractivity contribution in [2.75, 3.05) is 20.1 Å². The Balaban J connectivity index is 1.80. The largest absolute Gasteiger partial charge is 0.352 e. The normalized spacial score (nSPS) is 17.9. The molecular formula is C22H25Br2FN2O. The van der Waals surface area contributed by atoms with Crippen molar-refractivity contribution in [2.45, 2.75) is 31.7 Å². The summed E-state index contributed by atoms with van der Waals surface area (Å²) in [6.45, 7) is 4.22. The highest BCUT2D eigenvalue weighted by Crippen LogP contribution is 2.42. The second kappa shape index (κ2) is 9.06. The van der Waals surface area contributed by atoms with Crippen molar-refractivity contribution in [2.24, 2.45) is 5.92 Å². The molecular weight excluding hydrogens is 487 g/mol. The first-order valence-electron chi connectivity index (χ1n) is 9.47. The third kappa shape index (κ3) is 4.84. The van der Waals surface area contributed by atoms with E-state index in [1.165, 1.54) is 6.07 Å². The maximum absolute atomic E-state index is 14.0. The number of piperidine rings is 1. The number of nitrogens with one attached hydrogen (secondary N) is 1. The Kier molecular flexibility index (Phi) is 6.94. The maximum atomic E-state index is 14.0. The first-order valence-corrected chi connectivity index (χ1v) is 11.1. The zero-order chi connectivity index (χ0) is 20.3. The van der Waals surface area contributed by atoms with Crippen LogP contribution in [-0.4, -0.2) is 30.9 Å². The standard InChI is InChI=1S/C22H25Br2FN2O/c1-15(21(28)26-14-16-10-18(23)13-19(24)11-16)22(6-8-27(2)9-7-22)17-4-3-5-20(25)12-17/h3-5,10-13,15H,6-9,14H2,1-2H3,(H,26,28). The summed E-state index contributed by atoms with van der Waals surface area (Å²) in [6.07, 6.45) is 1.67. The van der Waals surface area contributed by atoms with Gasteiger partial charge in [0.15, 0.2) is 0 Å². The number of halogens is 3. The van der Waals surface area contributed by atoms with Gasteiger partial charge in [0.25, 0.3) is 0 Å². The van der Waals surface area contributed by atoms with Crippen LogP contribution in [0.25, 0.3) is 0 Å². The fraction of sp³-hybridized carbons (Fsp3) is 0.409. The summed E-state index contributed by atoms with van der Waals surface area (Å²) < 4.78 is 15.9. The minimum Gasteiger partial charge on any atom is -0.352 e. The van der Waals surface area contributed by atoms with Gasteiger partial charge in [0, 0.05) is 26.8 Å². The van der Waals surface area contributed by atoms with Gasteiger partial charge in [-0.3, -0.25) is 4.79 Å². The third-order valence-electron chi connectivity index (χ3n) is 5.89. The molecule has 0 saturated carbocycles. The highest BCUT2D eigenvalue weighted by atomic mass is 79.9. The molecule has 1 heterocycles. The van der Waals surface area contributed by atoms with E-state index < -0.39 is 0 Å². The molecule has 0 bridgehead atoms. The van der Waals surface area contributed by atoms with Crippen molar-refractivity contribution in [1.82, 2.24) is 10.2 Å². The molecule has 1 aliphatic rings. The molecule has 1 N–H and O–H groups in total. The Labute approximate surface area is 183 Å². The lowest BCUT2D eigenvalue weighted by Crippen LogP contribution is -2.49. The van der Waals surface area contributed by atoms with Gasteiger partial charge in [-0.25, -0.2) is 4.39 Å². The van der Waals surface area contributed by atoms with Crippen LogP contribution in [0.5, 0.6) is 0 Å². The van der Waals surface area contributed by atoms with Crippen LogP contribution in [0.3, 0.4) is 0 Å². The van der Waals surface area contributed by atoms with Crippen LogP contribution in [0.15, 0.2) is 51.4 Å². The van der Waals surface area contributed by atoms with Gasteiger partial charge in [-0.1, -0.05) is 50.9 Å². The summed E-state index contributed by atoms with van der Waals surface area (Å²) in [7, 11) is 2.09. The second-order valence-electron chi connectivity index (χ2n) is 7.69. The van der Waals surface area contributed by atoms with Gasteiger partial charge in [-0.15, -0.1) is 0 Å². The van der Waals surface area contributed by atoms with E-state index in [1.54, 1.807) is 12.1 Å². The van der Waals surface area contributed by atoms with E-state index in [4.69, 9.17) is 0 Å². The van der Waals surface area contributed by atoms with Gasteiger partial charge in [0.2, 0.25) is 5.91 Å². The van der Waals surface area contributed by atoms with E-state index in [0.717, 1.165) is 46.0 Å². The highest BCUT2D eigenvalue weighted by Gasteiger charge is 2.43. The zero-order valence-electron chi connectivity index (χ0n) is 16.1. The van der Waals surface area contributed by atoms with Crippen molar-refractivity contribution >= 4 is 37.8 Å².